The molecule has 1 aromatic heterocycles. The molecule has 0 fully saturated rings. The maximum atomic E-state index is 12.1. The highest BCUT2D eigenvalue weighted by atomic mass is 16.5. The molecule has 3 rings (SSSR count). The highest BCUT2D eigenvalue weighted by Gasteiger charge is 2.10. The van der Waals surface area contributed by atoms with Crippen LogP contribution in [-0.2, 0) is 11.2 Å². The predicted molar refractivity (Wildman–Crippen MR) is 96.2 cm³/mol. The maximum absolute atomic E-state index is 12.1. The number of amides is 1. The lowest BCUT2D eigenvalue weighted by molar-refractivity contribution is -0.118. The highest BCUT2D eigenvalue weighted by Crippen LogP contribution is 2.23. The first-order valence-electron chi connectivity index (χ1n) is 8.18. The van der Waals surface area contributed by atoms with Gasteiger partial charge in [-0.25, -0.2) is 0 Å². The van der Waals surface area contributed by atoms with Gasteiger partial charge in [0.1, 0.15) is 11.5 Å². The number of ether oxygens (including phenoxy) is 2. The summed E-state index contributed by atoms with van der Waals surface area (Å²) in [7, 11) is 1.55. The Bertz CT molecular complexity index is 875. The van der Waals surface area contributed by atoms with Crippen molar-refractivity contribution in [1.29, 1.82) is 0 Å². The van der Waals surface area contributed by atoms with Crippen LogP contribution in [0.15, 0.2) is 53.1 Å². The third-order valence-corrected chi connectivity index (χ3v) is 3.64. The summed E-state index contributed by atoms with van der Waals surface area (Å²) in [6.45, 7) is 1.85. The van der Waals surface area contributed by atoms with E-state index in [-0.39, 0.29) is 12.5 Å². The van der Waals surface area contributed by atoms with Gasteiger partial charge in [-0.1, -0.05) is 24.2 Å². The average molecular weight is 353 g/mol. The number of benzene rings is 2. The van der Waals surface area contributed by atoms with Crippen LogP contribution in [0.2, 0.25) is 0 Å². The third-order valence-electron chi connectivity index (χ3n) is 3.64. The van der Waals surface area contributed by atoms with Crippen molar-refractivity contribution >= 4 is 11.6 Å². The second kappa shape index (κ2) is 8.15. The van der Waals surface area contributed by atoms with E-state index < -0.39 is 0 Å². The molecule has 0 atom stereocenters. The molecule has 0 aliphatic rings. The molecular weight excluding hydrogens is 334 g/mol. The van der Waals surface area contributed by atoms with Crippen molar-refractivity contribution in [2.75, 3.05) is 19.0 Å². The number of nitrogens with one attached hydrogen (secondary N) is 1. The molecule has 1 N–H and O–H groups in total. The molecule has 3 aromatic rings. The fourth-order valence-corrected chi connectivity index (χ4v) is 2.29. The topological polar surface area (TPSA) is 86.5 Å². The first kappa shape index (κ1) is 17.5. The van der Waals surface area contributed by atoms with Crippen molar-refractivity contribution in [1.82, 2.24) is 10.1 Å². The number of anilines is 1. The first-order valence-corrected chi connectivity index (χ1v) is 8.18. The lowest BCUT2D eigenvalue weighted by Crippen LogP contribution is -2.20. The molecule has 0 saturated heterocycles. The van der Waals surface area contributed by atoms with E-state index in [0.29, 0.717) is 35.3 Å². The summed E-state index contributed by atoms with van der Waals surface area (Å²) in [5.74, 6) is 2.01. The number of carbonyl (C=O) groups excluding carboxylic acids is 1. The Labute approximate surface area is 150 Å². The molecule has 0 bridgehead atoms. The Kier molecular flexibility index (Phi) is 5.48. The van der Waals surface area contributed by atoms with Crippen LogP contribution >= 0.6 is 0 Å². The van der Waals surface area contributed by atoms with Crippen LogP contribution in [0.4, 0.5) is 5.69 Å². The fraction of sp³-hybridized carbons (Fsp3) is 0.211. The number of aryl methyl sites for hydroxylation is 1. The Morgan fingerprint density at radius 1 is 1.15 bits per heavy atom. The number of para-hydroxylation sites is 2. The Balaban J connectivity index is 1.57. The molecule has 7 nitrogen and oxygen atoms in total. The number of hydrogen-bond donors (Lipinski definition) is 1. The van der Waals surface area contributed by atoms with Gasteiger partial charge in [-0.3, -0.25) is 4.79 Å². The van der Waals surface area contributed by atoms with E-state index in [9.17, 15) is 4.79 Å². The second-order valence-electron chi connectivity index (χ2n) is 5.43. The zero-order valence-electron chi connectivity index (χ0n) is 14.6. The van der Waals surface area contributed by atoms with Gasteiger partial charge in [0.2, 0.25) is 0 Å². The minimum absolute atomic E-state index is 0.113. The van der Waals surface area contributed by atoms with Crippen LogP contribution in [0.1, 0.15) is 12.7 Å². The normalized spacial score (nSPS) is 10.4. The summed E-state index contributed by atoms with van der Waals surface area (Å²) in [6, 6.07) is 14.3. The molecule has 0 unspecified atom stereocenters. The van der Waals surface area contributed by atoms with Gasteiger partial charge >= 0.3 is 0 Å². The van der Waals surface area contributed by atoms with Crippen molar-refractivity contribution in [2.24, 2.45) is 0 Å². The summed E-state index contributed by atoms with van der Waals surface area (Å²) in [4.78, 5) is 16.3. The Morgan fingerprint density at radius 3 is 2.62 bits per heavy atom. The van der Waals surface area contributed by atoms with Crippen LogP contribution in [0.3, 0.4) is 0 Å². The van der Waals surface area contributed by atoms with E-state index >= 15 is 0 Å². The molecule has 2 aromatic carbocycles. The summed E-state index contributed by atoms with van der Waals surface area (Å²) in [5, 5.41) is 6.62. The summed E-state index contributed by atoms with van der Waals surface area (Å²) in [5.41, 5.74) is 1.39. The Hall–Kier alpha value is -3.35. The van der Waals surface area contributed by atoms with E-state index in [4.69, 9.17) is 14.0 Å². The maximum Gasteiger partial charge on any atom is 0.262 e. The second-order valence-corrected chi connectivity index (χ2v) is 5.43. The molecule has 1 heterocycles. The standard InChI is InChI=1S/C19H19N3O4/c1-3-17-21-19(26-22-17)13-8-10-14(11-9-13)25-12-18(23)20-15-6-4-5-7-16(15)24-2/h4-11H,3,12H2,1-2H3,(H,20,23). The van der Waals surface area contributed by atoms with E-state index in [0.717, 1.165) is 5.56 Å². The van der Waals surface area contributed by atoms with Crippen molar-refractivity contribution in [2.45, 2.75) is 13.3 Å². The minimum Gasteiger partial charge on any atom is -0.495 e. The molecule has 0 aliphatic heterocycles. The fourth-order valence-electron chi connectivity index (χ4n) is 2.29. The van der Waals surface area contributed by atoms with E-state index in [1.165, 1.54) is 0 Å². The van der Waals surface area contributed by atoms with Gasteiger partial charge in [-0.05, 0) is 36.4 Å². The number of aromatic nitrogens is 2. The molecule has 0 saturated carbocycles. The molecule has 26 heavy (non-hydrogen) atoms. The van der Waals surface area contributed by atoms with E-state index in [1.54, 1.807) is 43.5 Å². The third kappa shape index (κ3) is 4.18. The SMILES string of the molecule is CCc1noc(-c2ccc(OCC(=O)Nc3ccccc3OC)cc2)n1. The van der Waals surface area contributed by atoms with Gasteiger partial charge in [-0.15, -0.1) is 0 Å². The molecule has 1 amide bonds. The van der Waals surface area contributed by atoms with Gasteiger partial charge in [0.25, 0.3) is 11.8 Å². The molecule has 134 valence electrons. The molecule has 0 radical (unpaired) electrons. The van der Waals surface area contributed by atoms with Crippen LogP contribution < -0.4 is 14.8 Å². The summed E-state index contributed by atoms with van der Waals surface area (Å²) < 4.78 is 15.9. The quantitative estimate of drug-likeness (QED) is 0.701. The summed E-state index contributed by atoms with van der Waals surface area (Å²) >= 11 is 0. The van der Waals surface area contributed by atoms with Crippen LogP contribution in [0.25, 0.3) is 11.5 Å². The van der Waals surface area contributed by atoms with Crippen molar-refractivity contribution in [3.05, 3.63) is 54.4 Å². The predicted octanol–water partition coefficient (Wildman–Crippen LogP) is 3.33. The monoisotopic (exact) mass is 353 g/mol. The molecule has 7 heteroatoms. The van der Waals surface area contributed by atoms with E-state index in [1.807, 2.05) is 19.1 Å². The van der Waals surface area contributed by atoms with Gasteiger partial charge in [0, 0.05) is 12.0 Å². The molecule has 0 aliphatic carbocycles. The van der Waals surface area contributed by atoms with Gasteiger partial charge < -0.3 is 19.3 Å². The van der Waals surface area contributed by atoms with Crippen LogP contribution in [0.5, 0.6) is 11.5 Å². The lowest BCUT2D eigenvalue weighted by atomic mass is 10.2. The van der Waals surface area contributed by atoms with Crippen molar-refractivity contribution < 1.29 is 18.8 Å². The smallest absolute Gasteiger partial charge is 0.262 e. The molecular formula is C19H19N3O4. The van der Waals surface area contributed by atoms with Crippen LogP contribution in [0, 0.1) is 0 Å². The minimum atomic E-state index is -0.275. The highest BCUT2D eigenvalue weighted by molar-refractivity contribution is 5.93. The molecule has 0 spiro atoms. The largest absolute Gasteiger partial charge is 0.495 e. The van der Waals surface area contributed by atoms with E-state index in [2.05, 4.69) is 15.5 Å². The lowest BCUT2D eigenvalue weighted by Gasteiger charge is -2.10. The van der Waals surface area contributed by atoms with Crippen molar-refractivity contribution in [3.8, 4) is 23.0 Å². The van der Waals surface area contributed by atoms with Crippen molar-refractivity contribution in [3.63, 3.8) is 0 Å². The zero-order valence-corrected chi connectivity index (χ0v) is 14.6. The Morgan fingerprint density at radius 2 is 1.92 bits per heavy atom. The van der Waals surface area contributed by atoms with Gasteiger partial charge in [-0.2, -0.15) is 4.98 Å². The number of carbonyl (C=O) groups is 1. The van der Waals surface area contributed by atoms with Gasteiger partial charge in [0.05, 0.1) is 12.8 Å². The summed E-state index contributed by atoms with van der Waals surface area (Å²) in [6.07, 6.45) is 0.714. The first-order chi connectivity index (χ1) is 12.7. The number of methoxy groups -OCH3 is 1. The number of rotatable bonds is 7. The van der Waals surface area contributed by atoms with Crippen LogP contribution in [-0.4, -0.2) is 29.8 Å². The van der Waals surface area contributed by atoms with Gasteiger partial charge in [0.15, 0.2) is 12.4 Å². The average Bonchev–Trinajstić information content (AvgIpc) is 3.16. The zero-order chi connectivity index (χ0) is 18.4. The number of hydrogen-bond acceptors (Lipinski definition) is 6. The number of nitrogens with zero attached hydrogens (tertiary/aromatic N) is 2.